The highest BCUT2D eigenvalue weighted by atomic mass is 79.9. The molecule has 1 aromatic rings. The van der Waals surface area contributed by atoms with Crippen LogP contribution in [0.3, 0.4) is 0 Å². The molecule has 66 valence electrons. The fraction of sp³-hybridized carbons (Fsp3) is 0.375. The van der Waals surface area contributed by atoms with E-state index >= 15 is 0 Å². The number of alkyl halides is 2. The molecule has 0 fully saturated rings. The van der Waals surface area contributed by atoms with E-state index in [1.54, 1.807) is 7.11 Å². The second kappa shape index (κ2) is 4.82. The maximum absolute atomic E-state index is 5.12. The van der Waals surface area contributed by atoms with E-state index in [2.05, 4.69) is 36.8 Å². The maximum Gasteiger partial charge on any atom is 0.122 e. The molecular formula is C8H9Br2NO. The van der Waals surface area contributed by atoms with Gasteiger partial charge >= 0.3 is 0 Å². The molecule has 1 aromatic heterocycles. The SMILES string of the molecule is COc1cc(CBr)nc(CBr)c1. The Morgan fingerprint density at radius 3 is 2.08 bits per heavy atom. The van der Waals surface area contributed by atoms with Crippen molar-refractivity contribution in [2.24, 2.45) is 0 Å². The molecule has 0 unspecified atom stereocenters. The van der Waals surface area contributed by atoms with Crippen molar-refractivity contribution in [1.82, 2.24) is 4.98 Å². The molecule has 0 aliphatic rings. The Morgan fingerprint density at radius 2 is 1.75 bits per heavy atom. The zero-order valence-electron chi connectivity index (χ0n) is 6.68. The Morgan fingerprint density at radius 1 is 1.25 bits per heavy atom. The number of hydrogen-bond donors (Lipinski definition) is 0. The summed E-state index contributed by atoms with van der Waals surface area (Å²) in [6, 6.07) is 3.84. The highest BCUT2D eigenvalue weighted by Crippen LogP contribution is 2.17. The van der Waals surface area contributed by atoms with Gasteiger partial charge in [0.1, 0.15) is 5.75 Å². The predicted molar refractivity (Wildman–Crippen MR) is 56.1 cm³/mol. The highest BCUT2D eigenvalue weighted by molar-refractivity contribution is 9.08. The summed E-state index contributed by atoms with van der Waals surface area (Å²) in [5, 5.41) is 1.51. The molecule has 0 aromatic carbocycles. The molecular weight excluding hydrogens is 286 g/mol. The van der Waals surface area contributed by atoms with Crippen LogP contribution in [0.2, 0.25) is 0 Å². The van der Waals surface area contributed by atoms with Crippen LogP contribution in [0.1, 0.15) is 11.4 Å². The number of pyridine rings is 1. The molecule has 0 N–H and O–H groups in total. The summed E-state index contributed by atoms with van der Waals surface area (Å²) in [4.78, 5) is 4.34. The summed E-state index contributed by atoms with van der Waals surface area (Å²) >= 11 is 6.70. The molecule has 2 nitrogen and oxygen atoms in total. The summed E-state index contributed by atoms with van der Waals surface area (Å²) in [7, 11) is 1.66. The minimum absolute atomic E-state index is 0.754. The second-order valence-corrected chi connectivity index (χ2v) is 3.38. The van der Waals surface area contributed by atoms with E-state index in [9.17, 15) is 0 Å². The number of ether oxygens (including phenoxy) is 1. The van der Waals surface area contributed by atoms with Crippen molar-refractivity contribution in [2.75, 3.05) is 7.11 Å². The van der Waals surface area contributed by atoms with Crippen LogP contribution in [0.25, 0.3) is 0 Å². The lowest BCUT2D eigenvalue weighted by molar-refractivity contribution is 0.413. The van der Waals surface area contributed by atoms with E-state index in [1.807, 2.05) is 12.1 Å². The predicted octanol–water partition coefficient (Wildman–Crippen LogP) is 2.88. The van der Waals surface area contributed by atoms with E-state index in [-0.39, 0.29) is 0 Å². The Hall–Kier alpha value is -0.0900. The smallest absolute Gasteiger partial charge is 0.122 e. The molecule has 0 radical (unpaired) electrons. The van der Waals surface area contributed by atoms with Gasteiger partial charge in [0.2, 0.25) is 0 Å². The van der Waals surface area contributed by atoms with Crippen molar-refractivity contribution in [3.05, 3.63) is 23.5 Å². The van der Waals surface area contributed by atoms with Gasteiger partial charge in [0, 0.05) is 22.8 Å². The van der Waals surface area contributed by atoms with Crippen molar-refractivity contribution in [1.29, 1.82) is 0 Å². The highest BCUT2D eigenvalue weighted by Gasteiger charge is 2.00. The quantitative estimate of drug-likeness (QED) is 0.800. The molecule has 0 saturated carbocycles. The average molecular weight is 295 g/mol. The standard InChI is InChI=1S/C8H9Br2NO/c1-12-8-2-6(4-9)11-7(3-8)5-10/h2-3H,4-5H2,1H3. The van der Waals surface area contributed by atoms with Crippen LogP contribution >= 0.6 is 31.9 Å². The Kier molecular flexibility index (Phi) is 4.01. The lowest BCUT2D eigenvalue weighted by Crippen LogP contribution is -1.93. The fourth-order valence-electron chi connectivity index (χ4n) is 0.874. The van der Waals surface area contributed by atoms with Crippen LogP contribution in [0, 0.1) is 0 Å². The number of methoxy groups -OCH3 is 1. The minimum atomic E-state index is 0.754. The third-order valence-corrected chi connectivity index (χ3v) is 2.56. The second-order valence-electron chi connectivity index (χ2n) is 2.26. The summed E-state index contributed by atoms with van der Waals surface area (Å²) < 4.78 is 5.12. The van der Waals surface area contributed by atoms with Gasteiger partial charge in [0.15, 0.2) is 0 Å². The first-order valence-corrected chi connectivity index (χ1v) is 5.70. The molecule has 0 spiro atoms. The first-order chi connectivity index (χ1) is 5.80. The van der Waals surface area contributed by atoms with Crippen LogP contribution in [-0.4, -0.2) is 12.1 Å². The van der Waals surface area contributed by atoms with Crippen molar-refractivity contribution < 1.29 is 4.74 Å². The lowest BCUT2D eigenvalue weighted by atomic mass is 10.3. The van der Waals surface area contributed by atoms with Gasteiger partial charge in [0.25, 0.3) is 0 Å². The van der Waals surface area contributed by atoms with Gasteiger partial charge < -0.3 is 4.74 Å². The minimum Gasteiger partial charge on any atom is -0.497 e. The van der Waals surface area contributed by atoms with E-state index < -0.39 is 0 Å². The van der Waals surface area contributed by atoms with Crippen LogP contribution in [0.5, 0.6) is 5.75 Å². The maximum atomic E-state index is 5.12. The summed E-state index contributed by atoms with van der Waals surface area (Å²) in [6.07, 6.45) is 0. The third-order valence-electron chi connectivity index (χ3n) is 1.41. The topological polar surface area (TPSA) is 22.1 Å². The van der Waals surface area contributed by atoms with Crippen molar-refractivity contribution in [3.8, 4) is 5.75 Å². The van der Waals surface area contributed by atoms with Gasteiger partial charge in [-0.25, -0.2) is 0 Å². The molecule has 0 amide bonds. The van der Waals surface area contributed by atoms with Gasteiger partial charge in [0.05, 0.1) is 18.5 Å². The normalized spacial score (nSPS) is 9.92. The Labute approximate surface area is 88.6 Å². The van der Waals surface area contributed by atoms with Crippen LogP contribution in [0.15, 0.2) is 12.1 Å². The van der Waals surface area contributed by atoms with Crippen molar-refractivity contribution in [3.63, 3.8) is 0 Å². The van der Waals surface area contributed by atoms with E-state index in [0.717, 1.165) is 27.8 Å². The molecule has 1 heterocycles. The third kappa shape index (κ3) is 2.45. The first-order valence-electron chi connectivity index (χ1n) is 3.46. The molecule has 4 heteroatoms. The summed E-state index contributed by atoms with van der Waals surface area (Å²) in [5.41, 5.74) is 1.98. The number of hydrogen-bond acceptors (Lipinski definition) is 2. The van der Waals surface area contributed by atoms with Gasteiger partial charge in [-0.3, -0.25) is 4.98 Å². The number of aromatic nitrogens is 1. The van der Waals surface area contributed by atoms with E-state index in [4.69, 9.17) is 4.74 Å². The zero-order valence-corrected chi connectivity index (χ0v) is 9.85. The Bertz CT molecular complexity index is 210. The van der Waals surface area contributed by atoms with Gasteiger partial charge in [-0.05, 0) is 0 Å². The molecule has 0 bridgehead atoms. The van der Waals surface area contributed by atoms with Crippen molar-refractivity contribution >= 4 is 31.9 Å². The van der Waals surface area contributed by atoms with Gasteiger partial charge in [-0.2, -0.15) is 0 Å². The molecule has 0 aliphatic carbocycles. The molecule has 12 heavy (non-hydrogen) atoms. The molecule has 1 rings (SSSR count). The lowest BCUT2D eigenvalue weighted by Gasteiger charge is -2.03. The fourth-order valence-corrected chi connectivity index (χ4v) is 1.45. The van der Waals surface area contributed by atoms with Crippen LogP contribution in [-0.2, 0) is 10.7 Å². The zero-order chi connectivity index (χ0) is 8.97. The van der Waals surface area contributed by atoms with Crippen LogP contribution < -0.4 is 4.74 Å². The van der Waals surface area contributed by atoms with E-state index in [0.29, 0.717) is 0 Å². The summed E-state index contributed by atoms with van der Waals surface area (Å²) in [6.45, 7) is 0. The largest absolute Gasteiger partial charge is 0.497 e. The number of nitrogens with zero attached hydrogens (tertiary/aromatic N) is 1. The number of halogens is 2. The molecule has 0 aliphatic heterocycles. The van der Waals surface area contributed by atoms with Gasteiger partial charge in [-0.15, -0.1) is 0 Å². The molecule has 0 atom stereocenters. The monoisotopic (exact) mass is 293 g/mol. The van der Waals surface area contributed by atoms with Gasteiger partial charge in [-0.1, -0.05) is 31.9 Å². The van der Waals surface area contributed by atoms with Crippen molar-refractivity contribution in [2.45, 2.75) is 10.7 Å². The van der Waals surface area contributed by atoms with Crippen LogP contribution in [0.4, 0.5) is 0 Å². The van der Waals surface area contributed by atoms with E-state index in [1.165, 1.54) is 0 Å². The number of rotatable bonds is 3. The first kappa shape index (κ1) is 9.99. The molecule has 0 saturated heterocycles. The average Bonchev–Trinajstić information content (AvgIpc) is 2.16. The Balaban J connectivity index is 3.01. The summed E-state index contributed by atoms with van der Waals surface area (Å²) in [5.74, 6) is 0.855.